The van der Waals surface area contributed by atoms with Gasteiger partial charge >= 0.3 is 0 Å². The molecular weight excluding hydrogens is 267 g/mol. The lowest BCUT2D eigenvalue weighted by atomic mass is 10.2. The zero-order chi connectivity index (χ0) is 13.7. The van der Waals surface area contributed by atoms with Crippen molar-refractivity contribution in [2.45, 2.75) is 13.5 Å². The summed E-state index contributed by atoms with van der Waals surface area (Å²) in [4.78, 5) is 4.14. The van der Waals surface area contributed by atoms with Gasteiger partial charge in [-0.1, -0.05) is 17.7 Å². The number of nitrogens with zero attached hydrogens (tertiary/aromatic N) is 1. The minimum Gasteiger partial charge on any atom is -0.478 e. The first-order chi connectivity index (χ1) is 9.19. The quantitative estimate of drug-likeness (QED) is 0.902. The molecule has 1 N–H and O–H groups in total. The van der Waals surface area contributed by atoms with Gasteiger partial charge in [0.1, 0.15) is 5.82 Å². The highest BCUT2D eigenvalue weighted by Crippen LogP contribution is 2.19. The first kappa shape index (κ1) is 13.6. The predicted octanol–water partition coefficient (Wildman–Crippen LogP) is 3.88. The molecule has 0 radical (unpaired) electrons. The second kappa shape index (κ2) is 6.38. The molecule has 0 aliphatic rings. The topological polar surface area (TPSA) is 34.1 Å². The van der Waals surface area contributed by atoms with E-state index < -0.39 is 0 Å². The second-order valence-corrected chi connectivity index (χ2v) is 4.31. The van der Waals surface area contributed by atoms with Gasteiger partial charge in [0.2, 0.25) is 5.88 Å². The Morgan fingerprint density at radius 3 is 2.79 bits per heavy atom. The van der Waals surface area contributed by atoms with E-state index in [2.05, 4.69) is 10.3 Å². The highest BCUT2D eigenvalue weighted by Gasteiger charge is 2.02. The summed E-state index contributed by atoms with van der Waals surface area (Å²) in [5.74, 6) is 0.254. The molecule has 0 saturated heterocycles. The molecule has 0 saturated carbocycles. The van der Waals surface area contributed by atoms with Crippen LogP contribution in [0.3, 0.4) is 0 Å². The van der Waals surface area contributed by atoms with E-state index in [1.807, 2.05) is 13.0 Å². The highest BCUT2D eigenvalue weighted by atomic mass is 35.5. The number of ether oxygens (including phenoxy) is 1. The van der Waals surface area contributed by atoms with E-state index in [1.165, 1.54) is 12.1 Å². The maximum absolute atomic E-state index is 12.9. The smallest absolute Gasteiger partial charge is 0.213 e. The summed E-state index contributed by atoms with van der Waals surface area (Å²) in [5, 5.41) is 3.57. The fourth-order valence-electron chi connectivity index (χ4n) is 1.58. The minimum absolute atomic E-state index is 0.337. The number of halogens is 2. The third kappa shape index (κ3) is 3.83. The van der Waals surface area contributed by atoms with Crippen LogP contribution in [-0.4, -0.2) is 11.6 Å². The third-order valence-electron chi connectivity index (χ3n) is 2.53. The number of anilines is 1. The van der Waals surface area contributed by atoms with E-state index in [4.69, 9.17) is 16.3 Å². The molecule has 0 aliphatic carbocycles. The van der Waals surface area contributed by atoms with Crippen LogP contribution in [0.5, 0.6) is 5.88 Å². The van der Waals surface area contributed by atoms with Gasteiger partial charge in [0, 0.05) is 17.6 Å². The molecule has 0 aliphatic heterocycles. The fourth-order valence-corrected chi connectivity index (χ4v) is 1.81. The van der Waals surface area contributed by atoms with Crippen molar-refractivity contribution in [3.05, 3.63) is 52.9 Å². The van der Waals surface area contributed by atoms with E-state index >= 15 is 0 Å². The molecule has 0 spiro atoms. The van der Waals surface area contributed by atoms with E-state index in [-0.39, 0.29) is 5.82 Å². The average Bonchev–Trinajstić information content (AvgIpc) is 2.40. The van der Waals surface area contributed by atoms with E-state index in [0.29, 0.717) is 24.1 Å². The summed E-state index contributed by atoms with van der Waals surface area (Å²) in [5.41, 5.74) is 1.68. The Morgan fingerprint density at radius 2 is 2.16 bits per heavy atom. The summed E-state index contributed by atoms with van der Waals surface area (Å²) >= 11 is 5.95. The van der Waals surface area contributed by atoms with Crippen LogP contribution in [-0.2, 0) is 6.54 Å². The number of hydrogen-bond donors (Lipinski definition) is 1. The summed E-state index contributed by atoms with van der Waals surface area (Å²) in [6, 6.07) is 8.01. The lowest BCUT2D eigenvalue weighted by Crippen LogP contribution is -2.01. The minimum atomic E-state index is -0.337. The van der Waals surface area contributed by atoms with Gasteiger partial charge in [0.15, 0.2) is 0 Å². The van der Waals surface area contributed by atoms with Gasteiger partial charge in [-0.2, -0.15) is 0 Å². The number of pyridine rings is 1. The maximum Gasteiger partial charge on any atom is 0.213 e. The largest absolute Gasteiger partial charge is 0.478 e. The Labute approximate surface area is 116 Å². The standard InChI is InChI=1S/C14H14ClFN2O/c1-2-19-14-6-5-12(9-18-14)17-8-10-3-4-11(16)7-13(10)15/h3-7,9,17H,2,8H2,1H3. The molecule has 2 rings (SSSR count). The normalized spacial score (nSPS) is 10.3. The molecule has 0 bridgehead atoms. The maximum atomic E-state index is 12.9. The Balaban J connectivity index is 1.98. The molecule has 1 aromatic heterocycles. The van der Waals surface area contributed by atoms with Crippen LogP contribution in [0, 0.1) is 5.82 Å². The van der Waals surface area contributed by atoms with Crippen molar-refractivity contribution in [2.24, 2.45) is 0 Å². The summed E-state index contributed by atoms with van der Waals surface area (Å²) in [6.45, 7) is 3.00. The Kier molecular flexibility index (Phi) is 4.58. The molecule has 0 atom stereocenters. The Bertz CT molecular complexity index is 546. The number of hydrogen-bond acceptors (Lipinski definition) is 3. The first-order valence-corrected chi connectivity index (χ1v) is 6.33. The number of aromatic nitrogens is 1. The van der Waals surface area contributed by atoms with Crippen LogP contribution < -0.4 is 10.1 Å². The van der Waals surface area contributed by atoms with Crippen molar-refractivity contribution in [3.63, 3.8) is 0 Å². The van der Waals surface area contributed by atoms with Crippen LogP contribution in [0.2, 0.25) is 5.02 Å². The van der Waals surface area contributed by atoms with Crippen LogP contribution in [0.1, 0.15) is 12.5 Å². The molecule has 1 aromatic carbocycles. The van der Waals surface area contributed by atoms with Crippen LogP contribution in [0.25, 0.3) is 0 Å². The van der Waals surface area contributed by atoms with Crippen molar-refractivity contribution in [1.82, 2.24) is 4.98 Å². The summed E-state index contributed by atoms with van der Waals surface area (Å²) in [7, 11) is 0. The summed E-state index contributed by atoms with van der Waals surface area (Å²) < 4.78 is 18.2. The first-order valence-electron chi connectivity index (χ1n) is 5.95. The molecule has 3 nitrogen and oxygen atoms in total. The molecular formula is C14H14ClFN2O. The molecule has 5 heteroatoms. The van der Waals surface area contributed by atoms with E-state index in [9.17, 15) is 4.39 Å². The van der Waals surface area contributed by atoms with Crippen LogP contribution in [0.15, 0.2) is 36.5 Å². The third-order valence-corrected chi connectivity index (χ3v) is 2.88. The van der Waals surface area contributed by atoms with Crippen molar-refractivity contribution >= 4 is 17.3 Å². The van der Waals surface area contributed by atoms with Gasteiger partial charge in [-0.15, -0.1) is 0 Å². The van der Waals surface area contributed by atoms with Crippen molar-refractivity contribution in [1.29, 1.82) is 0 Å². The van der Waals surface area contributed by atoms with E-state index in [1.54, 1.807) is 18.3 Å². The number of nitrogens with one attached hydrogen (secondary N) is 1. The van der Waals surface area contributed by atoms with Gasteiger partial charge in [-0.3, -0.25) is 0 Å². The molecule has 19 heavy (non-hydrogen) atoms. The monoisotopic (exact) mass is 280 g/mol. The van der Waals surface area contributed by atoms with Gasteiger partial charge in [-0.25, -0.2) is 9.37 Å². The fraction of sp³-hybridized carbons (Fsp3) is 0.214. The number of rotatable bonds is 5. The molecule has 0 amide bonds. The van der Waals surface area contributed by atoms with Gasteiger partial charge in [-0.05, 0) is 30.7 Å². The molecule has 1 heterocycles. The molecule has 0 unspecified atom stereocenters. The van der Waals surface area contributed by atoms with Crippen LogP contribution in [0.4, 0.5) is 10.1 Å². The number of benzene rings is 1. The lowest BCUT2D eigenvalue weighted by molar-refractivity contribution is 0.327. The average molecular weight is 281 g/mol. The van der Waals surface area contributed by atoms with Gasteiger partial charge in [0.25, 0.3) is 0 Å². The van der Waals surface area contributed by atoms with Crippen LogP contribution >= 0.6 is 11.6 Å². The second-order valence-electron chi connectivity index (χ2n) is 3.91. The van der Waals surface area contributed by atoms with Crippen molar-refractivity contribution in [2.75, 3.05) is 11.9 Å². The highest BCUT2D eigenvalue weighted by molar-refractivity contribution is 6.31. The van der Waals surface area contributed by atoms with E-state index in [0.717, 1.165) is 11.3 Å². The molecule has 0 fully saturated rings. The zero-order valence-corrected chi connectivity index (χ0v) is 11.2. The summed E-state index contributed by atoms with van der Waals surface area (Å²) in [6.07, 6.45) is 1.68. The zero-order valence-electron chi connectivity index (χ0n) is 10.5. The Morgan fingerprint density at radius 1 is 1.32 bits per heavy atom. The SMILES string of the molecule is CCOc1ccc(NCc2ccc(F)cc2Cl)cn1. The molecule has 2 aromatic rings. The van der Waals surface area contributed by atoms with Gasteiger partial charge in [0.05, 0.1) is 18.5 Å². The lowest BCUT2D eigenvalue weighted by Gasteiger charge is -2.08. The molecule has 100 valence electrons. The predicted molar refractivity (Wildman–Crippen MR) is 74.1 cm³/mol. The Hall–Kier alpha value is -1.81. The van der Waals surface area contributed by atoms with Gasteiger partial charge < -0.3 is 10.1 Å². The van der Waals surface area contributed by atoms with Crippen molar-refractivity contribution in [3.8, 4) is 5.88 Å². The van der Waals surface area contributed by atoms with Crippen molar-refractivity contribution < 1.29 is 9.13 Å².